The number of halogens is 1. The van der Waals surface area contributed by atoms with Crippen LogP contribution in [0.3, 0.4) is 0 Å². The third-order valence-corrected chi connectivity index (χ3v) is 8.16. The highest BCUT2D eigenvalue weighted by Gasteiger charge is 2.18. The van der Waals surface area contributed by atoms with Crippen molar-refractivity contribution in [3.63, 3.8) is 0 Å². The maximum Gasteiger partial charge on any atom is 0.183 e. The molecule has 164 valence electrons. The summed E-state index contributed by atoms with van der Waals surface area (Å²) in [5.41, 5.74) is 3.95. The van der Waals surface area contributed by atoms with Crippen LogP contribution in [0.15, 0.2) is 41.3 Å². The van der Waals surface area contributed by atoms with Crippen molar-refractivity contribution < 1.29 is 8.60 Å². The maximum atomic E-state index is 13.9. The third kappa shape index (κ3) is 5.15. The van der Waals surface area contributed by atoms with Crippen molar-refractivity contribution in [2.24, 2.45) is 0 Å². The number of benzene rings is 2. The Morgan fingerprint density at radius 3 is 2.52 bits per heavy atom. The van der Waals surface area contributed by atoms with Gasteiger partial charge in [0.05, 0.1) is 15.5 Å². The molecule has 1 aliphatic carbocycles. The van der Waals surface area contributed by atoms with Gasteiger partial charge in [-0.05, 0) is 68.5 Å². The van der Waals surface area contributed by atoms with Gasteiger partial charge in [0, 0.05) is 11.7 Å². The molecule has 0 radical (unpaired) electrons. The van der Waals surface area contributed by atoms with E-state index in [9.17, 15) is 8.60 Å². The van der Waals surface area contributed by atoms with Gasteiger partial charge < -0.3 is 10.0 Å². The molecule has 1 unspecified atom stereocenters. The minimum Gasteiger partial charge on any atom is -0.359 e. The lowest BCUT2D eigenvalue weighted by Crippen LogP contribution is -2.21. The fraction of sp³-hybridized carbons (Fsp3) is 0.375. The number of nitrogens with zero attached hydrogens (tertiary/aromatic N) is 1. The molecule has 4 nitrogen and oxygen atoms in total. The standard InChI is InChI=1S/C24H28FN3OS2/c1-15-10-12-20(14-21(15)25)28-31(29)22-13-18(11-9-16(22)2)23-17(3)26-24(30-23)27-19-7-5-4-6-8-19/h9-14,19,28H,4-8H2,1-3H3,(H,26,27). The quantitative estimate of drug-likeness (QED) is 0.430. The number of rotatable bonds is 6. The van der Waals surface area contributed by atoms with Crippen molar-refractivity contribution in [2.45, 2.75) is 63.8 Å². The maximum absolute atomic E-state index is 13.9. The molecule has 2 aromatic carbocycles. The molecule has 31 heavy (non-hydrogen) atoms. The Bertz CT molecular complexity index is 1110. The molecule has 1 atom stereocenters. The van der Waals surface area contributed by atoms with Gasteiger partial charge >= 0.3 is 0 Å². The van der Waals surface area contributed by atoms with Crippen molar-refractivity contribution >= 4 is 33.1 Å². The van der Waals surface area contributed by atoms with Gasteiger partial charge in [0.15, 0.2) is 16.1 Å². The lowest BCUT2D eigenvalue weighted by atomic mass is 9.96. The van der Waals surface area contributed by atoms with Gasteiger partial charge in [0.2, 0.25) is 0 Å². The first-order valence-corrected chi connectivity index (χ1v) is 12.7. The molecule has 1 heterocycles. The van der Waals surface area contributed by atoms with Crippen LogP contribution in [0.25, 0.3) is 10.4 Å². The number of nitrogens with one attached hydrogen (secondary N) is 2. The number of aromatic nitrogens is 1. The Morgan fingerprint density at radius 2 is 1.77 bits per heavy atom. The third-order valence-electron chi connectivity index (χ3n) is 5.76. The van der Waals surface area contributed by atoms with Crippen LogP contribution in [-0.4, -0.2) is 15.2 Å². The van der Waals surface area contributed by atoms with Gasteiger partial charge in [0.1, 0.15) is 5.82 Å². The zero-order chi connectivity index (χ0) is 22.0. The first-order chi connectivity index (χ1) is 14.9. The summed E-state index contributed by atoms with van der Waals surface area (Å²) in [4.78, 5) is 6.51. The van der Waals surface area contributed by atoms with Crippen LogP contribution in [0.4, 0.5) is 15.2 Å². The smallest absolute Gasteiger partial charge is 0.183 e. The molecule has 0 amide bonds. The summed E-state index contributed by atoms with van der Waals surface area (Å²) >= 11 is 1.65. The van der Waals surface area contributed by atoms with Crippen LogP contribution < -0.4 is 10.0 Å². The summed E-state index contributed by atoms with van der Waals surface area (Å²) < 4.78 is 29.8. The topological polar surface area (TPSA) is 54.0 Å². The Morgan fingerprint density at radius 1 is 1.03 bits per heavy atom. The predicted octanol–water partition coefficient (Wildman–Crippen LogP) is 6.75. The molecule has 0 bridgehead atoms. The molecule has 4 rings (SSSR count). The second-order valence-corrected chi connectivity index (χ2v) is 10.4. The van der Waals surface area contributed by atoms with Gasteiger partial charge in [-0.25, -0.2) is 13.6 Å². The number of thiazole rings is 1. The van der Waals surface area contributed by atoms with Crippen molar-refractivity contribution in [2.75, 3.05) is 10.0 Å². The summed E-state index contributed by atoms with van der Waals surface area (Å²) in [6.07, 6.45) is 6.28. The average molecular weight is 458 g/mol. The monoisotopic (exact) mass is 457 g/mol. The van der Waals surface area contributed by atoms with Crippen LogP contribution >= 0.6 is 11.3 Å². The number of hydrogen-bond donors (Lipinski definition) is 2. The van der Waals surface area contributed by atoms with E-state index >= 15 is 0 Å². The van der Waals surface area contributed by atoms with E-state index in [4.69, 9.17) is 4.98 Å². The molecule has 0 saturated heterocycles. The largest absolute Gasteiger partial charge is 0.359 e. The van der Waals surface area contributed by atoms with Crippen LogP contribution in [0.2, 0.25) is 0 Å². The summed E-state index contributed by atoms with van der Waals surface area (Å²) in [5, 5.41) is 4.56. The Balaban J connectivity index is 1.55. The molecule has 1 aliphatic rings. The molecule has 0 aliphatic heterocycles. The van der Waals surface area contributed by atoms with Gasteiger partial charge in [-0.15, -0.1) is 0 Å². The van der Waals surface area contributed by atoms with E-state index in [0.717, 1.165) is 26.8 Å². The van der Waals surface area contributed by atoms with Crippen molar-refractivity contribution in [1.29, 1.82) is 0 Å². The Hall–Kier alpha value is -2.25. The fourth-order valence-corrected chi connectivity index (χ4v) is 5.99. The van der Waals surface area contributed by atoms with Crippen molar-refractivity contribution in [3.05, 3.63) is 59.0 Å². The number of aryl methyl sites for hydroxylation is 3. The highest BCUT2D eigenvalue weighted by molar-refractivity contribution is 7.86. The fourth-order valence-electron chi connectivity index (χ4n) is 3.91. The molecule has 2 N–H and O–H groups in total. The molecular formula is C24H28FN3OS2. The van der Waals surface area contributed by atoms with E-state index < -0.39 is 11.0 Å². The Labute approximate surface area is 189 Å². The van der Waals surface area contributed by atoms with E-state index in [1.807, 2.05) is 32.0 Å². The lowest BCUT2D eigenvalue weighted by Gasteiger charge is -2.22. The number of anilines is 2. The van der Waals surface area contributed by atoms with E-state index in [-0.39, 0.29) is 5.82 Å². The summed E-state index contributed by atoms with van der Waals surface area (Å²) in [6, 6.07) is 11.3. The summed E-state index contributed by atoms with van der Waals surface area (Å²) in [7, 11) is -1.50. The minimum atomic E-state index is -1.50. The second-order valence-electron chi connectivity index (χ2n) is 8.23. The average Bonchev–Trinajstić information content (AvgIpc) is 3.11. The highest BCUT2D eigenvalue weighted by Crippen LogP contribution is 2.35. The van der Waals surface area contributed by atoms with Gasteiger partial charge in [0.25, 0.3) is 0 Å². The highest BCUT2D eigenvalue weighted by atomic mass is 32.2. The van der Waals surface area contributed by atoms with E-state index in [1.54, 1.807) is 30.4 Å². The molecular weight excluding hydrogens is 429 g/mol. The molecule has 1 saturated carbocycles. The van der Waals surface area contributed by atoms with E-state index in [0.29, 0.717) is 22.2 Å². The van der Waals surface area contributed by atoms with E-state index in [2.05, 4.69) is 10.0 Å². The predicted molar refractivity (Wildman–Crippen MR) is 129 cm³/mol. The Kier molecular flexibility index (Phi) is 6.72. The van der Waals surface area contributed by atoms with Crippen LogP contribution in [0.5, 0.6) is 0 Å². The molecule has 7 heteroatoms. The molecule has 1 fully saturated rings. The van der Waals surface area contributed by atoms with Crippen molar-refractivity contribution in [1.82, 2.24) is 4.98 Å². The normalized spacial score (nSPS) is 15.6. The van der Waals surface area contributed by atoms with E-state index in [1.165, 1.54) is 38.2 Å². The van der Waals surface area contributed by atoms with Crippen LogP contribution in [0.1, 0.15) is 48.9 Å². The van der Waals surface area contributed by atoms with Gasteiger partial charge in [-0.1, -0.05) is 48.8 Å². The second kappa shape index (κ2) is 9.49. The van der Waals surface area contributed by atoms with Gasteiger partial charge in [-0.2, -0.15) is 0 Å². The SMILES string of the molecule is Cc1ccc(NS(=O)c2cc(-c3sc(NC4CCCCC4)nc3C)ccc2C)cc1F. The zero-order valence-electron chi connectivity index (χ0n) is 18.1. The molecule has 1 aromatic heterocycles. The zero-order valence-corrected chi connectivity index (χ0v) is 19.8. The van der Waals surface area contributed by atoms with Crippen LogP contribution in [0, 0.1) is 26.6 Å². The first-order valence-electron chi connectivity index (χ1n) is 10.7. The van der Waals surface area contributed by atoms with Crippen LogP contribution in [-0.2, 0) is 11.0 Å². The summed E-state index contributed by atoms with van der Waals surface area (Å²) in [5.74, 6) is -0.314. The molecule has 3 aromatic rings. The molecule has 0 spiro atoms. The van der Waals surface area contributed by atoms with Crippen molar-refractivity contribution in [3.8, 4) is 10.4 Å². The number of hydrogen-bond acceptors (Lipinski definition) is 4. The first kappa shape index (κ1) is 22.0. The lowest BCUT2D eigenvalue weighted by molar-refractivity contribution is 0.462. The van der Waals surface area contributed by atoms with Gasteiger partial charge in [-0.3, -0.25) is 0 Å². The summed E-state index contributed by atoms with van der Waals surface area (Å²) in [6.45, 7) is 5.66. The minimum absolute atomic E-state index is 0.314.